The Morgan fingerprint density at radius 2 is 1.91 bits per heavy atom. The lowest BCUT2D eigenvalue weighted by Gasteiger charge is -2.33. The van der Waals surface area contributed by atoms with Gasteiger partial charge in [-0.15, -0.1) is 0 Å². The fourth-order valence-corrected chi connectivity index (χ4v) is 5.27. The highest BCUT2D eigenvalue weighted by Gasteiger charge is 2.43. The normalized spacial score (nSPS) is 21.0. The van der Waals surface area contributed by atoms with E-state index in [9.17, 15) is 21.6 Å². The lowest BCUT2D eigenvalue weighted by molar-refractivity contribution is 0.0743. The van der Waals surface area contributed by atoms with Crippen LogP contribution in [0.15, 0.2) is 41.6 Å². The van der Waals surface area contributed by atoms with E-state index in [1.54, 1.807) is 10.9 Å². The zero-order valence-corrected chi connectivity index (χ0v) is 18.0. The van der Waals surface area contributed by atoms with Crippen LogP contribution < -0.4 is 9.46 Å². The Labute approximate surface area is 182 Å². The number of benzene rings is 1. The van der Waals surface area contributed by atoms with Crippen molar-refractivity contribution in [1.82, 2.24) is 19.7 Å². The number of anilines is 1. The Bertz CT molecular complexity index is 1240. The van der Waals surface area contributed by atoms with E-state index in [1.807, 2.05) is 24.8 Å². The standard InChI is InChI=1S/C20H20F3N5O3S/c1-20(7-3-4-13(20)16-5-9-25-28(16)2)31-12-10-14(21)18(15(22)11-12)32(29,30)27-17-6-8-24-19(23)26-17/h5-6,8-11,13H,3-4,7H2,1-2H3,(H,24,26,27)/t13-,20-/m1/s1. The van der Waals surface area contributed by atoms with Crippen LogP contribution in [0.5, 0.6) is 5.75 Å². The SMILES string of the molecule is Cn1nccc1[C@H]1CCC[C@@]1(C)Oc1cc(F)c(S(=O)(=O)Nc2ccnc(F)n2)c(F)c1. The molecule has 1 fully saturated rings. The zero-order valence-electron chi connectivity index (χ0n) is 17.2. The predicted octanol–water partition coefficient (Wildman–Crippen LogP) is 3.53. The van der Waals surface area contributed by atoms with Gasteiger partial charge in [0, 0.05) is 49.3 Å². The van der Waals surface area contributed by atoms with Crippen LogP contribution in [0.4, 0.5) is 19.0 Å². The Morgan fingerprint density at radius 1 is 1.19 bits per heavy atom. The summed E-state index contributed by atoms with van der Waals surface area (Å²) >= 11 is 0. The summed E-state index contributed by atoms with van der Waals surface area (Å²) in [5, 5.41) is 4.18. The van der Waals surface area contributed by atoms with Crippen molar-refractivity contribution in [3.63, 3.8) is 0 Å². The maximum atomic E-state index is 14.8. The van der Waals surface area contributed by atoms with Crippen molar-refractivity contribution in [2.45, 2.75) is 42.6 Å². The largest absolute Gasteiger partial charge is 0.487 e. The molecule has 4 rings (SSSR count). The number of hydrogen-bond acceptors (Lipinski definition) is 6. The molecule has 8 nitrogen and oxygen atoms in total. The number of rotatable bonds is 6. The van der Waals surface area contributed by atoms with Crippen molar-refractivity contribution in [1.29, 1.82) is 0 Å². The van der Waals surface area contributed by atoms with Crippen LogP contribution in [0, 0.1) is 17.7 Å². The molecule has 2 aromatic heterocycles. The van der Waals surface area contributed by atoms with E-state index in [1.165, 1.54) is 0 Å². The summed E-state index contributed by atoms with van der Waals surface area (Å²) in [5.74, 6) is -3.35. The molecular weight excluding hydrogens is 447 g/mol. The van der Waals surface area contributed by atoms with Gasteiger partial charge in [-0.25, -0.2) is 22.2 Å². The van der Waals surface area contributed by atoms with E-state index in [0.717, 1.165) is 42.9 Å². The highest BCUT2D eigenvalue weighted by molar-refractivity contribution is 7.92. The Kier molecular flexibility index (Phi) is 5.57. The monoisotopic (exact) mass is 467 g/mol. The maximum Gasteiger partial charge on any atom is 0.310 e. The van der Waals surface area contributed by atoms with E-state index in [-0.39, 0.29) is 11.7 Å². The molecule has 1 aromatic carbocycles. The molecule has 0 radical (unpaired) electrons. The van der Waals surface area contributed by atoms with Gasteiger partial charge < -0.3 is 4.74 Å². The molecule has 12 heteroatoms. The lowest BCUT2D eigenvalue weighted by Crippen LogP contribution is -2.36. The van der Waals surface area contributed by atoms with Gasteiger partial charge in [-0.05, 0) is 32.3 Å². The molecule has 0 bridgehead atoms. The fourth-order valence-electron chi connectivity index (χ4n) is 4.15. The molecule has 0 unspecified atom stereocenters. The van der Waals surface area contributed by atoms with Crippen LogP contribution in [0.1, 0.15) is 37.8 Å². The van der Waals surface area contributed by atoms with Gasteiger partial charge >= 0.3 is 6.08 Å². The first kappa shape index (κ1) is 22.1. The number of ether oxygens (including phenoxy) is 1. The average molecular weight is 467 g/mol. The second-order valence-electron chi connectivity index (χ2n) is 7.77. The molecule has 0 saturated heterocycles. The average Bonchev–Trinajstić information content (AvgIpc) is 3.25. The van der Waals surface area contributed by atoms with Crippen molar-refractivity contribution in [2.75, 3.05) is 4.72 Å². The van der Waals surface area contributed by atoms with Crippen LogP contribution in [-0.4, -0.2) is 33.8 Å². The molecule has 1 aliphatic rings. The predicted molar refractivity (Wildman–Crippen MR) is 108 cm³/mol. The second-order valence-corrected chi connectivity index (χ2v) is 9.39. The summed E-state index contributed by atoms with van der Waals surface area (Å²) in [5.41, 5.74) is 0.176. The third-order valence-electron chi connectivity index (χ3n) is 5.58. The molecule has 3 aromatic rings. The van der Waals surface area contributed by atoms with E-state index >= 15 is 0 Å². The van der Waals surface area contributed by atoms with Gasteiger partial charge in [-0.3, -0.25) is 9.40 Å². The number of halogens is 3. The summed E-state index contributed by atoms with van der Waals surface area (Å²) in [4.78, 5) is 5.21. The summed E-state index contributed by atoms with van der Waals surface area (Å²) < 4.78 is 77.2. The molecule has 1 saturated carbocycles. The lowest BCUT2D eigenvalue weighted by atomic mass is 9.89. The molecule has 0 spiro atoms. The van der Waals surface area contributed by atoms with Gasteiger partial charge in [0.15, 0.2) is 4.90 Å². The number of nitrogens with zero attached hydrogens (tertiary/aromatic N) is 4. The number of hydrogen-bond donors (Lipinski definition) is 1. The number of aromatic nitrogens is 4. The van der Waals surface area contributed by atoms with E-state index in [0.29, 0.717) is 6.42 Å². The van der Waals surface area contributed by atoms with E-state index in [4.69, 9.17) is 4.74 Å². The van der Waals surface area contributed by atoms with Gasteiger partial charge in [-0.2, -0.15) is 14.5 Å². The van der Waals surface area contributed by atoms with Gasteiger partial charge in [0.25, 0.3) is 10.0 Å². The number of nitrogens with one attached hydrogen (secondary N) is 1. The molecule has 2 atom stereocenters. The topological polar surface area (TPSA) is 99.0 Å². The van der Waals surface area contributed by atoms with Crippen molar-refractivity contribution in [2.24, 2.45) is 7.05 Å². The molecule has 1 N–H and O–H groups in total. The molecule has 1 aliphatic carbocycles. The minimum absolute atomic E-state index is 0.0566. The highest BCUT2D eigenvalue weighted by Crippen LogP contribution is 2.45. The fraction of sp³-hybridized carbons (Fsp3) is 0.350. The Hall–Kier alpha value is -3.15. The summed E-state index contributed by atoms with van der Waals surface area (Å²) in [6, 6.07) is 4.56. The van der Waals surface area contributed by atoms with Crippen molar-refractivity contribution >= 4 is 15.8 Å². The molecule has 0 aliphatic heterocycles. The second kappa shape index (κ2) is 8.08. The minimum Gasteiger partial charge on any atom is -0.487 e. The smallest absolute Gasteiger partial charge is 0.310 e. The third kappa shape index (κ3) is 4.14. The first-order valence-corrected chi connectivity index (χ1v) is 11.2. The zero-order chi connectivity index (χ0) is 23.1. The first-order valence-electron chi connectivity index (χ1n) is 9.76. The van der Waals surface area contributed by atoms with Gasteiger partial charge in [0.05, 0.1) is 0 Å². The maximum absolute atomic E-state index is 14.8. The van der Waals surface area contributed by atoms with E-state index < -0.39 is 44.1 Å². The highest BCUT2D eigenvalue weighted by atomic mass is 32.2. The minimum atomic E-state index is -4.73. The quantitative estimate of drug-likeness (QED) is 0.557. The summed E-state index contributed by atoms with van der Waals surface area (Å²) in [6.07, 6.45) is 3.75. The molecular formula is C20H20F3N5O3S. The summed E-state index contributed by atoms with van der Waals surface area (Å²) in [6.45, 7) is 1.85. The van der Waals surface area contributed by atoms with Crippen LogP contribution >= 0.6 is 0 Å². The first-order chi connectivity index (χ1) is 15.1. The van der Waals surface area contributed by atoms with E-state index in [2.05, 4.69) is 15.1 Å². The summed E-state index contributed by atoms with van der Waals surface area (Å²) in [7, 11) is -2.92. The van der Waals surface area contributed by atoms with Crippen LogP contribution in [0.2, 0.25) is 0 Å². The van der Waals surface area contributed by atoms with Crippen molar-refractivity contribution in [3.05, 3.63) is 60.1 Å². The Balaban J connectivity index is 1.62. The number of aryl methyl sites for hydroxylation is 1. The van der Waals surface area contributed by atoms with Crippen molar-refractivity contribution in [3.8, 4) is 5.75 Å². The Morgan fingerprint density at radius 3 is 2.53 bits per heavy atom. The van der Waals surface area contributed by atoms with Gasteiger partial charge in [0.1, 0.15) is 28.8 Å². The molecule has 170 valence electrons. The van der Waals surface area contributed by atoms with Crippen LogP contribution in [0.3, 0.4) is 0 Å². The number of sulfonamides is 1. The van der Waals surface area contributed by atoms with Crippen LogP contribution in [-0.2, 0) is 17.1 Å². The van der Waals surface area contributed by atoms with Gasteiger partial charge in [-0.1, -0.05) is 0 Å². The van der Waals surface area contributed by atoms with Crippen molar-refractivity contribution < 1.29 is 26.3 Å². The van der Waals surface area contributed by atoms with Gasteiger partial charge in [0.2, 0.25) is 0 Å². The van der Waals surface area contributed by atoms with Crippen LogP contribution in [0.25, 0.3) is 0 Å². The molecule has 2 heterocycles. The molecule has 0 amide bonds. The third-order valence-corrected chi connectivity index (χ3v) is 6.98. The molecule has 32 heavy (non-hydrogen) atoms.